The lowest BCUT2D eigenvalue weighted by Gasteiger charge is -2.32. The summed E-state index contributed by atoms with van der Waals surface area (Å²) in [6, 6.07) is 6.32. The Bertz CT molecular complexity index is 424. The summed E-state index contributed by atoms with van der Waals surface area (Å²) in [6.45, 7) is 5.75. The van der Waals surface area contributed by atoms with Crippen LogP contribution < -0.4 is 5.32 Å². The third kappa shape index (κ3) is 4.17. The van der Waals surface area contributed by atoms with E-state index in [0.29, 0.717) is 0 Å². The van der Waals surface area contributed by atoms with Crippen molar-refractivity contribution in [1.82, 2.24) is 10.2 Å². The number of hydrogen-bond acceptors (Lipinski definition) is 3. The van der Waals surface area contributed by atoms with Crippen LogP contribution >= 0.6 is 27.5 Å². The minimum atomic E-state index is 0.260. The Morgan fingerprint density at radius 1 is 1.58 bits per heavy atom. The molecule has 0 radical (unpaired) electrons. The standard InChI is InChI=1S/C14H20BrClN2O/c1-10(13-4-3-11(15)7-14(13)16)18(2)9-12-8-17-5-6-19-12/h3-4,7,10,12,17H,5-6,8-9H2,1-2H3. The van der Waals surface area contributed by atoms with Gasteiger partial charge >= 0.3 is 0 Å². The topological polar surface area (TPSA) is 24.5 Å². The maximum Gasteiger partial charge on any atom is 0.0826 e. The van der Waals surface area contributed by atoms with E-state index in [1.165, 1.54) is 0 Å². The van der Waals surface area contributed by atoms with Crippen LogP contribution in [0.15, 0.2) is 22.7 Å². The molecule has 3 nitrogen and oxygen atoms in total. The molecule has 2 atom stereocenters. The zero-order valence-corrected chi connectivity index (χ0v) is 13.7. The molecule has 106 valence electrons. The molecule has 0 spiro atoms. The van der Waals surface area contributed by atoms with Gasteiger partial charge in [0.25, 0.3) is 0 Å². The van der Waals surface area contributed by atoms with E-state index in [0.717, 1.165) is 41.3 Å². The van der Waals surface area contributed by atoms with Gasteiger partial charge in [0.2, 0.25) is 0 Å². The number of ether oxygens (including phenoxy) is 1. The fourth-order valence-corrected chi connectivity index (χ4v) is 3.13. The number of hydrogen-bond donors (Lipinski definition) is 1. The molecule has 1 fully saturated rings. The summed E-state index contributed by atoms with van der Waals surface area (Å²) in [5.41, 5.74) is 1.15. The zero-order valence-electron chi connectivity index (χ0n) is 11.3. The number of rotatable bonds is 4. The van der Waals surface area contributed by atoms with Crippen LogP contribution in [0.2, 0.25) is 5.02 Å². The summed E-state index contributed by atoms with van der Waals surface area (Å²) in [6.07, 6.45) is 0.260. The molecule has 2 rings (SSSR count). The molecule has 1 aromatic rings. The monoisotopic (exact) mass is 346 g/mol. The Hall–Kier alpha value is -0.130. The molecule has 2 unspecified atom stereocenters. The molecule has 19 heavy (non-hydrogen) atoms. The van der Waals surface area contributed by atoms with E-state index in [9.17, 15) is 0 Å². The van der Waals surface area contributed by atoms with E-state index in [1.807, 2.05) is 12.1 Å². The van der Waals surface area contributed by atoms with Gasteiger partial charge in [-0.05, 0) is 31.7 Å². The highest BCUT2D eigenvalue weighted by Gasteiger charge is 2.20. The van der Waals surface area contributed by atoms with Gasteiger partial charge in [0, 0.05) is 35.2 Å². The van der Waals surface area contributed by atoms with Crippen molar-refractivity contribution in [3.63, 3.8) is 0 Å². The van der Waals surface area contributed by atoms with Crippen molar-refractivity contribution in [3.05, 3.63) is 33.3 Å². The molecule has 0 amide bonds. The normalized spacial score (nSPS) is 21.6. The van der Waals surface area contributed by atoms with Crippen molar-refractivity contribution in [1.29, 1.82) is 0 Å². The Labute approximate surface area is 128 Å². The molecule has 1 heterocycles. The van der Waals surface area contributed by atoms with E-state index in [1.54, 1.807) is 0 Å². The lowest BCUT2D eigenvalue weighted by molar-refractivity contribution is 0.00394. The molecule has 1 aliphatic heterocycles. The molecule has 1 N–H and O–H groups in total. The van der Waals surface area contributed by atoms with Crippen molar-refractivity contribution >= 4 is 27.5 Å². The third-order valence-electron chi connectivity index (χ3n) is 3.57. The first kappa shape index (κ1) is 15.3. The van der Waals surface area contributed by atoms with Crippen molar-refractivity contribution in [2.24, 2.45) is 0 Å². The van der Waals surface area contributed by atoms with Crippen LogP contribution in [0.3, 0.4) is 0 Å². The Kier molecular flexibility index (Phi) is 5.66. The van der Waals surface area contributed by atoms with Crippen LogP contribution in [-0.4, -0.2) is 44.3 Å². The molecular formula is C14H20BrClN2O. The number of nitrogens with one attached hydrogen (secondary N) is 1. The molecule has 1 aromatic carbocycles. The van der Waals surface area contributed by atoms with Gasteiger partial charge in [0.15, 0.2) is 0 Å². The van der Waals surface area contributed by atoms with Crippen molar-refractivity contribution in [2.45, 2.75) is 19.1 Å². The lowest BCUT2D eigenvalue weighted by Crippen LogP contribution is -2.44. The molecule has 0 aromatic heterocycles. The van der Waals surface area contributed by atoms with Crippen LogP contribution in [0, 0.1) is 0 Å². The minimum absolute atomic E-state index is 0.260. The highest BCUT2D eigenvalue weighted by molar-refractivity contribution is 9.10. The average molecular weight is 348 g/mol. The highest BCUT2D eigenvalue weighted by atomic mass is 79.9. The number of benzene rings is 1. The summed E-state index contributed by atoms with van der Waals surface area (Å²) in [7, 11) is 2.11. The van der Waals surface area contributed by atoms with E-state index in [2.05, 4.69) is 46.2 Å². The number of halogens is 2. The van der Waals surface area contributed by atoms with Gasteiger partial charge in [0.1, 0.15) is 0 Å². The smallest absolute Gasteiger partial charge is 0.0826 e. The van der Waals surface area contributed by atoms with E-state index in [-0.39, 0.29) is 12.1 Å². The minimum Gasteiger partial charge on any atom is -0.374 e. The lowest BCUT2D eigenvalue weighted by atomic mass is 10.1. The maximum absolute atomic E-state index is 6.31. The zero-order chi connectivity index (χ0) is 13.8. The van der Waals surface area contributed by atoms with Crippen LogP contribution in [0.4, 0.5) is 0 Å². The Balaban J connectivity index is 1.99. The predicted octanol–water partition coefficient (Wildman–Crippen LogP) is 3.08. The second kappa shape index (κ2) is 7.04. The van der Waals surface area contributed by atoms with Crippen LogP contribution in [-0.2, 0) is 4.74 Å². The quantitative estimate of drug-likeness (QED) is 0.906. The SMILES string of the molecule is CC(c1ccc(Br)cc1Cl)N(C)CC1CNCCO1. The van der Waals surface area contributed by atoms with Gasteiger partial charge < -0.3 is 10.1 Å². The molecule has 0 aliphatic carbocycles. The van der Waals surface area contributed by atoms with E-state index < -0.39 is 0 Å². The molecular weight excluding hydrogens is 328 g/mol. The molecule has 0 bridgehead atoms. The summed E-state index contributed by atoms with van der Waals surface area (Å²) in [5, 5.41) is 4.16. The predicted molar refractivity (Wildman–Crippen MR) is 82.8 cm³/mol. The number of likely N-dealkylation sites (N-methyl/N-ethyl adjacent to an activating group) is 1. The fraction of sp³-hybridized carbons (Fsp3) is 0.571. The first-order valence-electron chi connectivity index (χ1n) is 6.55. The Morgan fingerprint density at radius 2 is 2.37 bits per heavy atom. The molecule has 1 aliphatic rings. The molecule has 0 saturated carbocycles. The van der Waals surface area contributed by atoms with Crippen LogP contribution in [0.25, 0.3) is 0 Å². The largest absolute Gasteiger partial charge is 0.374 e. The van der Waals surface area contributed by atoms with Crippen molar-refractivity contribution < 1.29 is 4.74 Å². The summed E-state index contributed by atoms with van der Waals surface area (Å²) < 4.78 is 6.75. The van der Waals surface area contributed by atoms with Crippen molar-refractivity contribution in [3.8, 4) is 0 Å². The van der Waals surface area contributed by atoms with E-state index in [4.69, 9.17) is 16.3 Å². The van der Waals surface area contributed by atoms with Gasteiger partial charge in [-0.2, -0.15) is 0 Å². The maximum atomic E-state index is 6.31. The Morgan fingerprint density at radius 3 is 3.00 bits per heavy atom. The summed E-state index contributed by atoms with van der Waals surface area (Å²) >= 11 is 9.75. The second-order valence-corrected chi connectivity index (χ2v) is 6.30. The molecule has 5 heteroatoms. The number of nitrogens with zero attached hydrogens (tertiary/aromatic N) is 1. The second-order valence-electron chi connectivity index (χ2n) is 4.98. The molecule has 1 saturated heterocycles. The third-order valence-corrected chi connectivity index (χ3v) is 4.39. The summed E-state index contributed by atoms with van der Waals surface area (Å²) in [4.78, 5) is 2.28. The van der Waals surface area contributed by atoms with Crippen LogP contribution in [0.1, 0.15) is 18.5 Å². The van der Waals surface area contributed by atoms with Gasteiger partial charge in [0.05, 0.1) is 12.7 Å². The van der Waals surface area contributed by atoms with Gasteiger partial charge in [-0.15, -0.1) is 0 Å². The van der Waals surface area contributed by atoms with Gasteiger partial charge in [-0.25, -0.2) is 0 Å². The number of morpholine rings is 1. The average Bonchev–Trinajstić information content (AvgIpc) is 2.39. The highest BCUT2D eigenvalue weighted by Crippen LogP contribution is 2.29. The van der Waals surface area contributed by atoms with Gasteiger partial charge in [-0.1, -0.05) is 33.6 Å². The first-order valence-corrected chi connectivity index (χ1v) is 7.72. The van der Waals surface area contributed by atoms with E-state index >= 15 is 0 Å². The fourth-order valence-electron chi connectivity index (χ4n) is 2.29. The first-order chi connectivity index (χ1) is 9.08. The van der Waals surface area contributed by atoms with Crippen molar-refractivity contribution in [2.75, 3.05) is 33.3 Å². The van der Waals surface area contributed by atoms with Gasteiger partial charge in [-0.3, -0.25) is 4.90 Å². The van der Waals surface area contributed by atoms with Crippen LogP contribution in [0.5, 0.6) is 0 Å². The summed E-state index contributed by atoms with van der Waals surface area (Å²) in [5.74, 6) is 0.